The van der Waals surface area contributed by atoms with Gasteiger partial charge < -0.3 is 19.4 Å². The topological polar surface area (TPSA) is 80.5 Å². The lowest BCUT2D eigenvalue weighted by Gasteiger charge is -2.47. The van der Waals surface area contributed by atoms with Crippen LogP contribution in [0.4, 0.5) is 10.4 Å². The van der Waals surface area contributed by atoms with E-state index in [1.54, 1.807) is 24.0 Å². The number of carbonyl (C=O) groups is 1. The van der Waals surface area contributed by atoms with Crippen LogP contribution in [-0.4, -0.2) is 51.8 Å². The molecule has 1 aromatic heterocycles. The highest BCUT2D eigenvalue weighted by molar-refractivity contribution is 5.84. The Morgan fingerprint density at radius 1 is 1.31 bits per heavy atom. The van der Waals surface area contributed by atoms with E-state index >= 15 is 0 Å². The van der Waals surface area contributed by atoms with Gasteiger partial charge in [-0.3, -0.25) is 4.79 Å². The standard InChI is InChI=1S/C18H23FN4O3/c1-10(2)25-15-9-23(12(15)4)17(24)11(3)20-18-22-21-16(26-18)13-5-7-14(19)8-6-13/h5-8,10-12,15H,9H2,1-4H3,(H,20,22)/t11-,12+,15+/m1/s1. The van der Waals surface area contributed by atoms with Crippen molar-refractivity contribution in [3.8, 4) is 11.5 Å². The van der Waals surface area contributed by atoms with Crippen LogP contribution in [0.25, 0.3) is 11.5 Å². The largest absolute Gasteiger partial charge is 0.403 e. The number of anilines is 1. The van der Waals surface area contributed by atoms with Crippen LogP contribution in [0.1, 0.15) is 27.7 Å². The molecular weight excluding hydrogens is 339 g/mol. The number of hydrogen-bond donors (Lipinski definition) is 1. The molecular formula is C18H23FN4O3. The molecule has 8 heteroatoms. The molecule has 0 unspecified atom stereocenters. The molecule has 0 spiro atoms. The van der Waals surface area contributed by atoms with E-state index in [0.29, 0.717) is 12.1 Å². The Labute approximate surface area is 151 Å². The van der Waals surface area contributed by atoms with E-state index in [9.17, 15) is 9.18 Å². The molecule has 0 bridgehead atoms. The SMILES string of the molecule is CC(C)O[C@H]1CN(C(=O)[C@@H](C)Nc2nnc(-c3ccc(F)cc3)o2)[C@H]1C. The van der Waals surface area contributed by atoms with E-state index in [0.717, 1.165) is 0 Å². The van der Waals surface area contributed by atoms with Crippen LogP contribution >= 0.6 is 0 Å². The lowest BCUT2D eigenvalue weighted by molar-refractivity contribution is -0.160. The van der Waals surface area contributed by atoms with Crippen molar-refractivity contribution in [1.82, 2.24) is 15.1 Å². The molecule has 0 saturated carbocycles. The first-order chi connectivity index (χ1) is 12.3. The second-order valence-corrected chi connectivity index (χ2v) is 6.74. The Hall–Kier alpha value is -2.48. The first kappa shape index (κ1) is 18.3. The molecule has 1 aliphatic rings. The molecule has 2 heterocycles. The number of likely N-dealkylation sites (tertiary alicyclic amines) is 1. The van der Waals surface area contributed by atoms with Crippen molar-refractivity contribution in [3.63, 3.8) is 0 Å². The summed E-state index contributed by atoms with van der Waals surface area (Å²) < 4.78 is 24.2. The van der Waals surface area contributed by atoms with Crippen LogP contribution in [0.3, 0.4) is 0 Å². The Morgan fingerprint density at radius 2 is 2.00 bits per heavy atom. The Kier molecular flexibility index (Phi) is 5.22. The summed E-state index contributed by atoms with van der Waals surface area (Å²) >= 11 is 0. The molecule has 1 fully saturated rings. The van der Waals surface area contributed by atoms with Crippen LogP contribution in [-0.2, 0) is 9.53 Å². The molecule has 7 nitrogen and oxygen atoms in total. The van der Waals surface area contributed by atoms with Gasteiger partial charge in [0, 0.05) is 12.1 Å². The van der Waals surface area contributed by atoms with Crippen molar-refractivity contribution in [2.24, 2.45) is 0 Å². The number of benzene rings is 1. The fraction of sp³-hybridized carbons (Fsp3) is 0.500. The van der Waals surface area contributed by atoms with Crippen LogP contribution < -0.4 is 5.32 Å². The summed E-state index contributed by atoms with van der Waals surface area (Å²) in [6.45, 7) is 8.26. The van der Waals surface area contributed by atoms with Gasteiger partial charge in [-0.25, -0.2) is 4.39 Å². The van der Waals surface area contributed by atoms with Gasteiger partial charge in [-0.05, 0) is 52.0 Å². The van der Waals surface area contributed by atoms with Gasteiger partial charge in [0.2, 0.25) is 11.8 Å². The molecule has 3 atom stereocenters. The molecule has 140 valence electrons. The number of amides is 1. The molecule has 0 aliphatic carbocycles. The summed E-state index contributed by atoms with van der Waals surface area (Å²) in [5, 5.41) is 10.7. The number of nitrogens with zero attached hydrogens (tertiary/aromatic N) is 3. The van der Waals surface area contributed by atoms with E-state index < -0.39 is 6.04 Å². The smallest absolute Gasteiger partial charge is 0.316 e. The molecule has 1 N–H and O–H groups in total. The van der Waals surface area contributed by atoms with Crippen molar-refractivity contribution < 1.29 is 18.3 Å². The summed E-state index contributed by atoms with van der Waals surface area (Å²) in [4.78, 5) is 14.3. The van der Waals surface area contributed by atoms with Crippen molar-refractivity contribution >= 4 is 11.9 Å². The lowest BCUT2D eigenvalue weighted by Crippen LogP contribution is -2.64. The molecule has 26 heavy (non-hydrogen) atoms. The Morgan fingerprint density at radius 3 is 2.62 bits per heavy atom. The van der Waals surface area contributed by atoms with Gasteiger partial charge in [-0.1, -0.05) is 5.10 Å². The molecule has 0 radical (unpaired) electrons. The van der Waals surface area contributed by atoms with Crippen molar-refractivity contribution in [2.45, 2.75) is 52.0 Å². The fourth-order valence-electron chi connectivity index (χ4n) is 2.86. The van der Waals surface area contributed by atoms with Gasteiger partial charge in [0.15, 0.2) is 0 Å². The third kappa shape index (κ3) is 3.85. The second-order valence-electron chi connectivity index (χ2n) is 6.74. The summed E-state index contributed by atoms with van der Waals surface area (Å²) in [5.41, 5.74) is 0.607. The van der Waals surface area contributed by atoms with E-state index in [2.05, 4.69) is 15.5 Å². The number of nitrogens with one attached hydrogen (secondary N) is 1. The molecule has 1 saturated heterocycles. The minimum Gasteiger partial charge on any atom is -0.403 e. The minimum atomic E-state index is -0.515. The minimum absolute atomic E-state index is 0.0339. The number of halogens is 1. The van der Waals surface area contributed by atoms with Crippen LogP contribution in [0.2, 0.25) is 0 Å². The predicted octanol–water partition coefficient (Wildman–Crippen LogP) is 2.70. The molecule has 3 rings (SSSR count). The highest BCUT2D eigenvalue weighted by Gasteiger charge is 2.41. The quantitative estimate of drug-likeness (QED) is 0.851. The molecule has 2 aromatic rings. The molecule has 1 amide bonds. The molecule has 1 aliphatic heterocycles. The first-order valence-corrected chi connectivity index (χ1v) is 8.67. The summed E-state index contributed by atoms with van der Waals surface area (Å²) in [6.07, 6.45) is 0.207. The highest BCUT2D eigenvalue weighted by Crippen LogP contribution is 2.24. The number of hydrogen-bond acceptors (Lipinski definition) is 6. The number of ether oxygens (including phenoxy) is 1. The zero-order valence-electron chi connectivity index (χ0n) is 15.3. The third-order valence-electron chi connectivity index (χ3n) is 4.36. The average molecular weight is 362 g/mol. The normalized spacial score (nSPS) is 20.8. The molecule has 1 aromatic carbocycles. The predicted molar refractivity (Wildman–Crippen MR) is 94.0 cm³/mol. The zero-order chi connectivity index (χ0) is 18.8. The van der Waals surface area contributed by atoms with Gasteiger partial charge >= 0.3 is 6.01 Å². The van der Waals surface area contributed by atoms with Crippen molar-refractivity contribution in [3.05, 3.63) is 30.1 Å². The number of aromatic nitrogens is 2. The Bertz CT molecular complexity index is 762. The van der Waals surface area contributed by atoms with Gasteiger partial charge in [-0.2, -0.15) is 0 Å². The number of carbonyl (C=O) groups excluding carboxylic acids is 1. The Balaban J connectivity index is 1.58. The van der Waals surface area contributed by atoms with Crippen molar-refractivity contribution in [2.75, 3.05) is 11.9 Å². The van der Waals surface area contributed by atoms with Gasteiger partial charge in [-0.15, -0.1) is 5.10 Å². The van der Waals surface area contributed by atoms with E-state index in [4.69, 9.17) is 9.15 Å². The fourth-order valence-corrected chi connectivity index (χ4v) is 2.86. The van der Waals surface area contributed by atoms with E-state index in [1.165, 1.54) is 12.1 Å². The summed E-state index contributed by atoms with van der Waals surface area (Å²) in [7, 11) is 0. The van der Waals surface area contributed by atoms with Gasteiger partial charge in [0.05, 0.1) is 18.2 Å². The van der Waals surface area contributed by atoms with Crippen LogP contribution in [0, 0.1) is 5.82 Å². The van der Waals surface area contributed by atoms with E-state index in [1.807, 2.05) is 20.8 Å². The highest BCUT2D eigenvalue weighted by atomic mass is 19.1. The summed E-state index contributed by atoms with van der Waals surface area (Å²) in [6, 6.07) is 5.41. The van der Waals surface area contributed by atoms with E-state index in [-0.39, 0.29) is 41.9 Å². The summed E-state index contributed by atoms with van der Waals surface area (Å²) in [5.74, 6) is -0.133. The lowest BCUT2D eigenvalue weighted by atomic mass is 9.99. The maximum Gasteiger partial charge on any atom is 0.316 e. The second kappa shape index (κ2) is 7.41. The third-order valence-corrected chi connectivity index (χ3v) is 4.36. The zero-order valence-corrected chi connectivity index (χ0v) is 15.3. The first-order valence-electron chi connectivity index (χ1n) is 8.67. The maximum atomic E-state index is 13.0. The van der Waals surface area contributed by atoms with Gasteiger partial charge in [0.1, 0.15) is 11.9 Å². The average Bonchev–Trinajstić information content (AvgIpc) is 3.06. The van der Waals surface area contributed by atoms with Crippen molar-refractivity contribution in [1.29, 1.82) is 0 Å². The monoisotopic (exact) mass is 362 g/mol. The van der Waals surface area contributed by atoms with Gasteiger partial charge in [0.25, 0.3) is 0 Å². The maximum absolute atomic E-state index is 13.0. The van der Waals surface area contributed by atoms with Crippen LogP contribution in [0.5, 0.6) is 0 Å². The number of rotatable bonds is 6. The van der Waals surface area contributed by atoms with Crippen LogP contribution in [0.15, 0.2) is 28.7 Å².